The van der Waals surface area contributed by atoms with Crippen LogP contribution in [0.25, 0.3) is 0 Å². The summed E-state index contributed by atoms with van der Waals surface area (Å²) in [5.41, 5.74) is 5.67. The molecule has 0 aliphatic rings. The largest absolute Gasteiger partial charge is 0.269 e. The lowest BCUT2D eigenvalue weighted by atomic mass is 10.2. The Labute approximate surface area is 91.4 Å². The van der Waals surface area contributed by atoms with E-state index in [9.17, 15) is 4.79 Å². The number of nitrogens with zero attached hydrogens (tertiary/aromatic N) is 4. The van der Waals surface area contributed by atoms with Crippen LogP contribution in [0, 0.1) is 0 Å². The van der Waals surface area contributed by atoms with Crippen molar-refractivity contribution >= 4 is 11.9 Å². The van der Waals surface area contributed by atoms with Gasteiger partial charge in [-0.05, 0) is 22.6 Å². The lowest BCUT2D eigenvalue weighted by Crippen LogP contribution is -2.30. The van der Waals surface area contributed by atoms with Crippen molar-refractivity contribution in [2.24, 2.45) is 7.05 Å². The highest BCUT2D eigenvalue weighted by Crippen LogP contribution is 1.98. The second kappa shape index (κ2) is 4.39. The van der Waals surface area contributed by atoms with Gasteiger partial charge in [0.05, 0.1) is 0 Å². The van der Waals surface area contributed by atoms with Crippen LogP contribution in [0.2, 0.25) is 0 Å². The monoisotopic (exact) mass is 218 g/mol. The number of hydrogen-bond donors (Lipinski definition) is 2. The molecule has 0 radical (unpaired) electrons. The van der Waals surface area contributed by atoms with Crippen molar-refractivity contribution in [2.45, 2.75) is 0 Å². The van der Waals surface area contributed by atoms with Crippen LogP contribution < -0.4 is 10.9 Å². The molecule has 2 N–H and O–H groups in total. The van der Waals surface area contributed by atoms with Gasteiger partial charge in [0.15, 0.2) is 0 Å². The third kappa shape index (κ3) is 2.14. The van der Waals surface area contributed by atoms with Crippen molar-refractivity contribution < 1.29 is 4.79 Å². The van der Waals surface area contributed by atoms with Crippen LogP contribution in [0.4, 0.5) is 5.95 Å². The van der Waals surface area contributed by atoms with Gasteiger partial charge in [-0.1, -0.05) is 23.3 Å². The van der Waals surface area contributed by atoms with Crippen molar-refractivity contribution in [3.05, 3.63) is 35.9 Å². The summed E-state index contributed by atoms with van der Waals surface area (Å²) in [4.78, 5) is 11.6. The molecule has 0 unspecified atom stereocenters. The standard InChI is InChI=1S/C9H10N6O/c1-15-9(12-13-14-15)11-10-8(16)7-5-3-2-4-6-7/h2-6H,1H3,(H,10,16)(H,11,12,14). The summed E-state index contributed by atoms with van der Waals surface area (Å²) in [6.45, 7) is 0. The maximum Gasteiger partial charge on any atom is 0.269 e. The number of hydrogen-bond acceptors (Lipinski definition) is 5. The number of benzene rings is 1. The molecule has 82 valence electrons. The van der Waals surface area contributed by atoms with E-state index in [1.807, 2.05) is 6.07 Å². The normalized spacial score (nSPS) is 9.81. The Hall–Kier alpha value is -2.44. The van der Waals surface area contributed by atoms with Crippen molar-refractivity contribution in [2.75, 3.05) is 5.43 Å². The fourth-order valence-electron chi connectivity index (χ4n) is 1.11. The van der Waals surface area contributed by atoms with Crippen LogP contribution in [0.3, 0.4) is 0 Å². The van der Waals surface area contributed by atoms with Gasteiger partial charge in [0.25, 0.3) is 11.9 Å². The minimum Gasteiger partial charge on any atom is -0.267 e. The van der Waals surface area contributed by atoms with Crippen molar-refractivity contribution in [1.82, 2.24) is 25.6 Å². The molecule has 0 aliphatic carbocycles. The van der Waals surface area contributed by atoms with Gasteiger partial charge in [-0.2, -0.15) is 0 Å². The van der Waals surface area contributed by atoms with Crippen LogP contribution in [0.5, 0.6) is 0 Å². The molecule has 0 atom stereocenters. The van der Waals surface area contributed by atoms with E-state index >= 15 is 0 Å². The van der Waals surface area contributed by atoms with Gasteiger partial charge in [-0.15, -0.1) is 0 Å². The van der Waals surface area contributed by atoms with Gasteiger partial charge in [0, 0.05) is 12.6 Å². The minimum atomic E-state index is -0.247. The molecule has 0 bridgehead atoms. The Balaban J connectivity index is 1.97. The molecule has 0 saturated heterocycles. The summed E-state index contributed by atoms with van der Waals surface area (Å²) in [6, 6.07) is 8.85. The Morgan fingerprint density at radius 3 is 2.69 bits per heavy atom. The number of nitrogens with one attached hydrogen (secondary N) is 2. The molecule has 1 aromatic carbocycles. The average molecular weight is 218 g/mol. The number of aromatic nitrogens is 4. The first-order valence-corrected chi connectivity index (χ1v) is 4.61. The molecule has 0 aliphatic heterocycles. The average Bonchev–Trinajstić information content (AvgIpc) is 2.73. The fourth-order valence-corrected chi connectivity index (χ4v) is 1.11. The van der Waals surface area contributed by atoms with Gasteiger partial charge < -0.3 is 0 Å². The number of hydrazine groups is 1. The molecule has 7 nitrogen and oxygen atoms in total. The molecule has 1 aromatic heterocycles. The Morgan fingerprint density at radius 1 is 1.31 bits per heavy atom. The zero-order valence-corrected chi connectivity index (χ0v) is 8.58. The zero-order valence-electron chi connectivity index (χ0n) is 8.58. The highest BCUT2D eigenvalue weighted by atomic mass is 16.2. The van der Waals surface area contributed by atoms with E-state index in [4.69, 9.17) is 0 Å². The third-order valence-corrected chi connectivity index (χ3v) is 1.94. The van der Waals surface area contributed by atoms with Gasteiger partial charge in [0.2, 0.25) is 0 Å². The van der Waals surface area contributed by atoms with Gasteiger partial charge >= 0.3 is 0 Å². The summed E-state index contributed by atoms with van der Waals surface area (Å²) >= 11 is 0. The van der Waals surface area contributed by atoms with Crippen molar-refractivity contribution in [1.29, 1.82) is 0 Å². The molecule has 0 fully saturated rings. The number of rotatable bonds is 3. The second-order valence-electron chi connectivity index (χ2n) is 3.07. The summed E-state index contributed by atoms with van der Waals surface area (Å²) in [7, 11) is 1.66. The number of amides is 1. The van der Waals surface area contributed by atoms with Crippen molar-refractivity contribution in [3.63, 3.8) is 0 Å². The maximum absolute atomic E-state index is 11.6. The van der Waals surface area contributed by atoms with Crippen LogP contribution in [-0.2, 0) is 7.05 Å². The van der Waals surface area contributed by atoms with Gasteiger partial charge in [0.1, 0.15) is 0 Å². The first-order chi connectivity index (χ1) is 7.77. The van der Waals surface area contributed by atoms with Crippen LogP contribution >= 0.6 is 0 Å². The summed E-state index contributed by atoms with van der Waals surface area (Å²) in [5, 5.41) is 10.7. The van der Waals surface area contributed by atoms with Gasteiger partial charge in [-0.3, -0.25) is 15.6 Å². The SMILES string of the molecule is Cn1nnnc1NNC(=O)c1ccccc1. The molecule has 1 heterocycles. The molecule has 2 aromatic rings. The molecular formula is C9H10N6O. The minimum absolute atomic E-state index is 0.247. The van der Waals surface area contributed by atoms with E-state index < -0.39 is 0 Å². The van der Waals surface area contributed by atoms with E-state index in [0.29, 0.717) is 11.5 Å². The highest BCUT2D eigenvalue weighted by molar-refractivity contribution is 5.94. The zero-order chi connectivity index (χ0) is 11.4. The summed E-state index contributed by atoms with van der Waals surface area (Å²) in [5.74, 6) is 0.118. The molecule has 0 spiro atoms. The predicted molar refractivity (Wildman–Crippen MR) is 56.3 cm³/mol. The van der Waals surface area contributed by atoms with Gasteiger partial charge in [-0.25, -0.2) is 4.68 Å². The summed E-state index contributed by atoms with van der Waals surface area (Å²) < 4.78 is 1.41. The third-order valence-electron chi connectivity index (χ3n) is 1.94. The topological polar surface area (TPSA) is 84.7 Å². The summed E-state index contributed by atoms with van der Waals surface area (Å²) in [6.07, 6.45) is 0. The first kappa shape index (κ1) is 10.1. The molecule has 2 rings (SSSR count). The van der Waals surface area contributed by atoms with Crippen LogP contribution in [0.15, 0.2) is 30.3 Å². The highest BCUT2D eigenvalue weighted by Gasteiger charge is 2.05. The van der Waals surface area contributed by atoms with Crippen LogP contribution in [-0.4, -0.2) is 26.1 Å². The number of carbonyl (C=O) groups excluding carboxylic acids is 1. The lowest BCUT2D eigenvalue weighted by molar-refractivity contribution is 0.0962. The van der Waals surface area contributed by atoms with Crippen molar-refractivity contribution in [3.8, 4) is 0 Å². The predicted octanol–water partition coefficient (Wildman–Crippen LogP) is -0.0330. The van der Waals surface area contributed by atoms with E-state index in [-0.39, 0.29) is 5.91 Å². The molecule has 1 amide bonds. The number of aryl methyl sites for hydroxylation is 1. The first-order valence-electron chi connectivity index (χ1n) is 4.61. The van der Waals surface area contributed by atoms with E-state index in [0.717, 1.165) is 0 Å². The Kier molecular flexibility index (Phi) is 2.77. The molecule has 7 heteroatoms. The number of anilines is 1. The smallest absolute Gasteiger partial charge is 0.267 e. The van der Waals surface area contributed by atoms with E-state index in [1.54, 1.807) is 31.3 Å². The Bertz CT molecular complexity index is 480. The van der Waals surface area contributed by atoms with E-state index in [1.165, 1.54) is 4.68 Å². The quantitative estimate of drug-likeness (QED) is 0.706. The maximum atomic E-state index is 11.6. The second-order valence-corrected chi connectivity index (χ2v) is 3.07. The van der Waals surface area contributed by atoms with E-state index in [2.05, 4.69) is 26.4 Å². The molecule has 16 heavy (non-hydrogen) atoms. The number of carbonyl (C=O) groups is 1. The van der Waals surface area contributed by atoms with Crippen LogP contribution in [0.1, 0.15) is 10.4 Å². The lowest BCUT2D eigenvalue weighted by Gasteiger charge is -2.05. The number of tetrazole rings is 1. The fraction of sp³-hybridized carbons (Fsp3) is 0.111. The molecular weight excluding hydrogens is 208 g/mol. The molecule has 0 saturated carbocycles. The Morgan fingerprint density at radius 2 is 2.06 bits per heavy atom.